The van der Waals surface area contributed by atoms with Crippen LogP contribution in [0.1, 0.15) is 98.3 Å². The van der Waals surface area contributed by atoms with E-state index < -0.39 is 23.9 Å². The summed E-state index contributed by atoms with van der Waals surface area (Å²) >= 11 is 0. The van der Waals surface area contributed by atoms with E-state index in [1.165, 1.54) is 65.7 Å². The molecule has 200 valence electrons. The number of carboxylic acids is 3. The predicted octanol–water partition coefficient (Wildman–Crippen LogP) is 4.87. The van der Waals surface area contributed by atoms with Gasteiger partial charge in [-0.25, -0.2) is 14.4 Å². The normalized spacial score (nSPS) is 9.62. The fourth-order valence-electron chi connectivity index (χ4n) is 1.85. The van der Waals surface area contributed by atoms with E-state index in [1.54, 1.807) is 0 Å². The molecule has 0 aromatic carbocycles. The second-order valence-corrected chi connectivity index (χ2v) is 7.96. The molecule has 9 heteroatoms. The first-order valence-corrected chi connectivity index (χ1v) is 11.3. The zero-order valence-corrected chi connectivity index (χ0v) is 21.3. The van der Waals surface area contributed by atoms with Crippen molar-refractivity contribution in [3.8, 4) is 0 Å². The van der Waals surface area contributed by atoms with E-state index in [1.807, 2.05) is 0 Å². The van der Waals surface area contributed by atoms with E-state index in [-0.39, 0.29) is 23.1 Å². The first-order chi connectivity index (χ1) is 15.5. The molecule has 0 rings (SSSR count). The minimum atomic E-state index is -2.46. The van der Waals surface area contributed by atoms with Crippen LogP contribution in [-0.4, -0.2) is 54.5 Å². The molecule has 0 amide bonds. The zero-order chi connectivity index (χ0) is 27.7. The highest BCUT2D eigenvalue weighted by Gasteiger charge is 2.16. The van der Waals surface area contributed by atoms with Crippen molar-refractivity contribution in [3.63, 3.8) is 0 Å². The van der Waals surface area contributed by atoms with Crippen molar-refractivity contribution in [2.75, 3.05) is 0 Å². The second-order valence-electron chi connectivity index (χ2n) is 7.96. The molecular weight excluding hydrogens is 444 g/mol. The Morgan fingerprint density at radius 1 is 0.559 bits per heavy atom. The molecular formula is C25H46O9. The summed E-state index contributed by atoms with van der Waals surface area (Å²) in [4.78, 5) is 28.8. The van der Waals surface area contributed by atoms with Crippen LogP contribution in [0, 0.1) is 0 Å². The van der Waals surface area contributed by atoms with Crippen LogP contribution in [0.3, 0.4) is 0 Å². The summed E-state index contributed by atoms with van der Waals surface area (Å²) in [6.45, 7) is 16.0. The minimum absolute atomic E-state index is 0.0590. The third-order valence-electron chi connectivity index (χ3n) is 3.96. The Bertz CT molecular complexity index is 509. The number of aliphatic carboxylic acids is 3. The van der Waals surface area contributed by atoms with E-state index >= 15 is 0 Å². The standard InChI is InChI=1S/C13H28O3.3C4H6O2/c1-2-3-4-5-6-7-8-9-10-11-12-13(14,15)16;3*1-3(2)4(5)6/h14-16H,2-12H2,1H3;3*1H2,2H3,(H,5,6). The molecule has 0 fully saturated rings. The van der Waals surface area contributed by atoms with Crippen molar-refractivity contribution in [1.29, 1.82) is 0 Å². The number of rotatable bonds is 14. The Morgan fingerprint density at radius 2 is 0.765 bits per heavy atom. The first-order valence-electron chi connectivity index (χ1n) is 11.3. The molecule has 0 spiro atoms. The third-order valence-corrected chi connectivity index (χ3v) is 3.96. The van der Waals surface area contributed by atoms with Gasteiger partial charge in [0.05, 0.1) is 0 Å². The van der Waals surface area contributed by atoms with Crippen LogP contribution in [0.4, 0.5) is 0 Å². The summed E-state index contributed by atoms with van der Waals surface area (Å²) in [5.74, 6) is -5.26. The summed E-state index contributed by atoms with van der Waals surface area (Å²) in [7, 11) is 0. The maximum atomic E-state index is 9.60. The predicted molar refractivity (Wildman–Crippen MR) is 133 cm³/mol. The molecule has 0 aromatic heterocycles. The second kappa shape index (κ2) is 25.1. The van der Waals surface area contributed by atoms with E-state index in [2.05, 4.69) is 26.7 Å². The number of aliphatic hydroxyl groups is 3. The molecule has 0 aliphatic rings. The quantitative estimate of drug-likeness (QED) is 0.113. The van der Waals surface area contributed by atoms with E-state index in [4.69, 9.17) is 30.6 Å². The fraction of sp³-hybridized carbons (Fsp3) is 0.640. The number of hydrogen-bond acceptors (Lipinski definition) is 6. The molecule has 34 heavy (non-hydrogen) atoms. The van der Waals surface area contributed by atoms with E-state index in [0.717, 1.165) is 12.8 Å². The lowest BCUT2D eigenvalue weighted by atomic mass is 10.1. The highest BCUT2D eigenvalue weighted by Crippen LogP contribution is 2.13. The summed E-state index contributed by atoms with van der Waals surface area (Å²) in [5, 5.41) is 49.6. The first kappa shape index (κ1) is 38.8. The van der Waals surface area contributed by atoms with Crippen LogP contribution < -0.4 is 0 Å². The molecule has 0 aromatic rings. The van der Waals surface area contributed by atoms with Gasteiger partial charge in [-0.05, 0) is 27.2 Å². The molecule has 0 radical (unpaired) electrons. The van der Waals surface area contributed by atoms with Gasteiger partial charge < -0.3 is 30.6 Å². The Labute approximate surface area is 204 Å². The zero-order valence-electron chi connectivity index (χ0n) is 21.3. The lowest BCUT2D eigenvalue weighted by molar-refractivity contribution is -0.315. The molecule has 0 saturated carbocycles. The van der Waals surface area contributed by atoms with E-state index in [9.17, 15) is 14.4 Å². The van der Waals surface area contributed by atoms with Gasteiger partial charge in [0.1, 0.15) is 0 Å². The lowest BCUT2D eigenvalue weighted by Crippen LogP contribution is -2.26. The fourth-order valence-corrected chi connectivity index (χ4v) is 1.85. The Morgan fingerprint density at radius 3 is 0.941 bits per heavy atom. The van der Waals surface area contributed by atoms with Crippen molar-refractivity contribution in [1.82, 2.24) is 0 Å². The average Bonchev–Trinajstić information content (AvgIpc) is 2.69. The van der Waals surface area contributed by atoms with Crippen molar-refractivity contribution in [2.45, 2.75) is 104 Å². The number of carboxylic acid groups (broad SMARTS) is 3. The van der Waals surface area contributed by atoms with Crippen LogP contribution in [-0.2, 0) is 14.4 Å². The van der Waals surface area contributed by atoms with Gasteiger partial charge in [0.2, 0.25) is 0 Å². The molecule has 9 nitrogen and oxygen atoms in total. The maximum absolute atomic E-state index is 9.60. The highest BCUT2D eigenvalue weighted by molar-refractivity contribution is 5.85. The minimum Gasteiger partial charge on any atom is -0.478 e. The Balaban J connectivity index is -0.000000205. The summed E-state index contributed by atoms with van der Waals surface area (Å²) in [6, 6.07) is 0. The molecule has 0 bridgehead atoms. The van der Waals surface area contributed by atoms with Gasteiger partial charge in [-0.3, -0.25) is 0 Å². The molecule has 0 aliphatic heterocycles. The molecule has 0 unspecified atom stereocenters. The SMILES string of the molecule is C=C(C)C(=O)O.C=C(C)C(=O)O.C=C(C)C(=O)O.CCCCCCCCCCCCC(O)(O)O. The van der Waals surface area contributed by atoms with Gasteiger partial charge in [-0.2, -0.15) is 0 Å². The monoisotopic (exact) mass is 490 g/mol. The number of hydrogen-bond donors (Lipinski definition) is 6. The third kappa shape index (κ3) is 47.3. The van der Waals surface area contributed by atoms with Gasteiger partial charge in [0.15, 0.2) is 0 Å². The molecule has 0 atom stereocenters. The lowest BCUT2D eigenvalue weighted by Gasteiger charge is -2.12. The van der Waals surface area contributed by atoms with Gasteiger partial charge >= 0.3 is 17.9 Å². The summed E-state index contributed by atoms with van der Waals surface area (Å²) in [5.41, 5.74) is 0.528. The number of carbonyl (C=O) groups is 3. The van der Waals surface area contributed by atoms with Crippen LogP contribution in [0.15, 0.2) is 36.5 Å². The van der Waals surface area contributed by atoms with Crippen molar-refractivity contribution < 1.29 is 45.0 Å². The van der Waals surface area contributed by atoms with Crippen LogP contribution in [0.5, 0.6) is 0 Å². The van der Waals surface area contributed by atoms with Gasteiger partial charge in [0, 0.05) is 23.1 Å². The van der Waals surface area contributed by atoms with Crippen molar-refractivity contribution in [2.24, 2.45) is 0 Å². The highest BCUT2D eigenvalue weighted by atomic mass is 16.7. The molecule has 0 saturated heterocycles. The van der Waals surface area contributed by atoms with Crippen LogP contribution >= 0.6 is 0 Å². The van der Waals surface area contributed by atoms with E-state index in [0.29, 0.717) is 6.42 Å². The summed E-state index contributed by atoms with van der Waals surface area (Å²) < 4.78 is 0. The van der Waals surface area contributed by atoms with Crippen molar-refractivity contribution >= 4 is 17.9 Å². The van der Waals surface area contributed by atoms with Crippen LogP contribution in [0.2, 0.25) is 0 Å². The van der Waals surface area contributed by atoms with Crippen molar-refractivity contribution in [3.05, 3.63) is 36.5 Å². The topological polar surface area (TPSA) is 173 Å². The van der Waals surface area contributed by atoms with Gasteiger partial charge in [-0.15, -0.1) is 0 Å². The molecule has 0 heterocycles. The van der Waals surface area contributed by atoms with Crippen LogP contribution in [0.25, 0.3) is 0 Å². The Hall–Kier alpha value is -2.49. The Kier molecular flexibility index (Phi) is 28.7. The molecule has 6 N–H and O–H groups in total. The molecule has 0 aliphatic carbocycles. The summed E-state index contributed by atoms with van der Waals surface area (Å²) in [6.07, 6.45) is 12.0. The average molecular weight is 491 g/mol. The smallest absolute Gasteiger partial charge is 0.330 e. The largest absolute Gasteiger partial charge is 0.478 e. The number of unbranched alkanes of at least 4 members (excludes halogenated alkanes) is 9. The van der Waals surface area contributed by atoms with Gasteiger partial charge in [-0.1, -0.05) is 84.4 Å². The van der Waals surface area contributed by atoms with Gasteiger partial charge in [0.25, 0.3) is 5.97 Å². The maximum Gasteiger partial charge on any atom is 0.330 e.